The minimum Gasteiger partial charge on any atom is -0.480 e. The van der Waals surface area contributed by atoms with E-state index in [9.17, 15) is 9.59 Å². The number of carboxylic acid groups (broad SMARTS) is 1. The van der Waals surface area contributed by atoms with Crippen LogP contribution >= 0.6 is 0 Å². The molecule has 1 atom stereocenters. The summed E-state index contributed by atoms with van der Waals surface area (Å²) in [5.41, 5.74) is -0.473. The third-order valence-corrected chi connectivity index (χ3v) is 2.37. The molecule has 0 saturated carbocycles. The predicted octanol–water partition coefficient (Wildman–Crippen LogP) is 2.04. The molecule has 0 bridgehead atoms. The van der Waals surface area contributed by atoms with E-state index in [-0.39, 0.29) is 5.91 Å². The molecule has 0 radical (unpaired) electrons. The zero-order chi connectivity index (χ0) is 12.9. The van der Waals surface area contributed by atoms with E-state index in [1.807, 2.05) is 13.8 Å². The molecular weight excluding hydrogens is 206 g/mol. The summed E-state index contributed by atoms with van der Waals surface area (Å²) in [4.78, 5) is 22.5. The molecule has 0 aromatic rings. The molecule has 0 aliphatic rings. The van der Waals surface area contributed by atoms with E-state index < -0.39 is 17.4 Å². The van der Waals surface area contributed by atoms with Crippen molar-refractivity contribution in [2.75, 3.05) is 0 Å². The van der Waals surface area contributed by atoms with Gasteiger partial charge in [-0.25, -0.2) is 4.79 Å². The Kier molecular flexibility index (Phi) is 5.48. The normalized spacial score (nSPS) is 13.6. The maximum Gasteiger partial charge on any atom is 0.326 e. The summed E-state index contributed by atoms with van der Waals surface area (Å²) in [6.45, 7) is 9.47. The first-order chi connectivity index (χ1) is 7.14. The van der Waals surface area contributed by atoms with Crippen LogP contribution in [-0.4, -0.2) is 23.0 Å². The Labute approximate surface area is 97.4 Å². The molecule has 2 N–H and O–H groups in total. The summed E-state index contributed by atoms with van der Waals surface area (Å²) in [6.07, 6.45) is 1.17. The third-order valence-electron chi connectivity index (χ3n) is 2.37. The van der Waals surface area contributed by atoms with Crippen molar-refractivity contribution in [1.29, 1.82) is 0 Å². The van der Waals surface area contributed by atoms with Gasteiger partial charge in [0.2, 0.25) is 5.91 Å². The number of rotatable bonds is 5. The van der Waals surface area contributed by atoms with Crippen LogP contribution in [0.15, 0.2) is 0 Å². The SMILES string of the molecule is CC(C)CCC(=O)NC(C(=O)O)C(C)(C)C. The Morgan fingerprint density at radius 1 is 1.25 bits per heavy atom. The highest BCUT2D eigenvalue weighted by Crippen LogP contribution is 2.19. The van der Waals surface area contributed by atoms with Crippen molar-refractivity contribution in [3.05, 3.63) is 0 Å². The van der Waals surface area contributed by atoms with Crippen LogP contribution in [0.1, 0.15) is 47.5 Å². The topological polar surface area (TPSA) is 66.4 Å². The standard InChI is InChI=1S/C12H23NO3/c1-8(2)6-7-9(14)13-10(11(15)16)12(3,4)5/h8,10H,6-7H2,1-5H3,(H,13,14)(H,15,16). The Hall–Kier alpha value is -1.06. The van der Waals surface area contributed by atoms with E-state index in [2.05, 4.69) is 5.32 Å². The van der Waals surface area contributed by atoms with Crippen LogP contribution in [-0.2, 0) is 9.59 Å². The highest BCUT2D eigenvalue weighted by atomic mass is 16.4. The molecule has 4 nitrogen and oxygen atoms in total. The lowest BCUT2D eigenvalue weighted by atomic mass is 9.86. The first-order valence-electron chi connectivity index (χ1n) is 5.66. The molecule has 1 unspecified atom stereocenters. The Morgan fingerprint density at radius 3 is 2.06 bits per heavy atom. The number of nitrogens with one attached hydrogen (secondary N) is 1. The smallest absolute Gasteiger partial charge is 0.326 e. The van der Waals surface area contributed by atoms with Crippen molar-refractivity contribution in [3.63, 3.8) is 0 Å². The quantitative estimate of drug-likeness (QED) is 0.758. The van der Waals surface area contributed by atoms with E-state index in [4.69, 9.17) is 5.11 Å². The second-order valence-corrected chi connectivity index (χ2v) is 5.64. The lowest BCUT2D eigenvalue weighted by Gasteiger charge is -2.27. The van der Waals surface area contributed by atoms with Gasteiger partial charge in [0.15, 0.2) is 0 Å². The van der Waals surface area contributed by atoms with Gasteiger partial charge in [0, 0.05) is 6.42 Å². The highest BCUT2D eigenvalue weighted by molar-refractivity contribution is 5.84. The van der Waals surface area contributed by atoms with Gasteiger partial charge in [-0.15, -0.1) is 0 Å². The average Bonchev–Trinajstić information content (AvgIpc) is 2.08. The predicted molar refractivity (Wildman–Crippen MR) is 63.1 cm³/mol. The fourth-order valence-corrected chi connectivity index (χ4v) is 1.30. The van der Waals surface area contributed by atoms with Crippen LogP contribution < -0.4 is 5.32 Å². The number of hydrogen-bond acceptors (Lipinski definition) is 2. The second-order valence-electron chi connectivity index (χ2n) is 5.64. The van der Waals surface area contributed by atoms with Crippen LogP contribution in [0.3, 0.4) is 0 Å². The van der Waals surface area contributed by atoms with Gasteiger partial charge in [-0.1, -0.05) is 34.6 Å². The van der Waals surface area contributed by atoms with Crippen molar-refractivity contribution in [3.8, 4) is 0 Å². The summed E-state index contributed by atoms with van der Waals surface area (Å²) < 4.78 is 0. The molecule has 0 aromatic carbocycles. The van der Waals surface area contributed by atoms with E-state index in [0.29, 0.717) is 12.3 Å². The minimum absolute atomic E-state index is 0.184. The molecule has 0 fully saturated rings. The maximum atomic E-state index is 11.5. The number of amides is 1. The Bertz CT molecular complexity index is 253. The number of carboxylic acids is 1. The van der Waals surface area contributed by atoms with Crippen LogP contribution in [0, 0.1) is 11.3 Å². The van der Waals surface area contributed by atoms with Gasteiger partial charge in [-0.3, -0.25) is 4.79 Å². The Morgan fingerprint density at radius 2 is 1.75 bits per heavy atom. The molecule has 0 rings (SSSR count). The fraction of sp³-hybridized carbons (Fsp3) is 0.833. The molecule has 4 heteroatoms. The molecule has 0 saturated heterocycles. The van der Waals surface area contributed by atoms with Gasteiger partial charge < -0.3 is 10.4 Å². The van der Waals surface area contributed by atoms with E-state index in [1.54, 1.807) is 20.8 Å². The van der Waals surface area contributed by atoms with Crippen LogP contribution in [0.2, 0.25) is 0 Å². The van der Waals surface area contributed by atoms with E-state index in [0.717, 1.165) is 6.42 Å². The third kappa shape index (κ3) is 5.73. The van der Waals surface area contributed by atoms with E-state index >= 15 is 0 Å². The summed E-state index contributed by atoms with van der Waals surface area (Å²) in [5.74, 6) is -0.718. The first-order valence-corrected chi connectivity index (χ1v) is 5.66. The van der Waals surface area contributed by atoms with Gasteiger partial charge in [0.25, 0.3) is 0 Å². The second kappa shape index (κ2) is 5.87. The number of hydrogen-bond donors (Lipinski definition) is 2. The number of aliphatic carboxylic acids is 1. The largest absolute Gasteiger partial charge is 0.480 e. The van der Waals surface area contributed by atoms with Gasteiger partial charge in [0.05, 0.1) is 0 Å². The van der Waals surface area contributed by atoms with Crippen molar-refractivity contribution in [1.82, 2.24) is 5.32 Å². The fourth-order valence-electron chi connectivity index (χ4n) is 1.30. The average molecular weight is 229 g/mol. The zero-order valence-corrected chi connectivity index (χ0v) is 10.8. The van der Waals surface area contributed by atoms with Crippen molar-refractivity contribution in [2.45, 2.75) is 53.5 Å². The molecule has 0 heterocycles. The maximum absolute atomic E-state index is 11.5. The highest BCUT2D eigenvalue weighted by Gasteiger charge is 2.32. The van der Waals surface area contributed by atoms with Gasteiger partial charge in [-0.05, 0) is 17.8 Å². The van der Waals surface area contributed by atoms with Gasteiger partial charge in [0.1, 0.15) is 6.04 Å². The summed E-state index contributed by atoms with van der Waals surface area (Å²) >= 11 is 0. The van der Waals surface area contributed by atoms with Crippen molar-refractivity contribution >= 4 is 11.9 Å². The molecule has 1 amide bonds. The molecular formula is C12H23NO3. The van der Waals surface area contributed by atoms with Crippen LogP contribution in [0.25, 0.3) is 0 Å². The van der Waals surface area contributed by atoms with Gasteiger partial charge in [-0.2, -0.15) is 0 Å². The molecule has 94 valence electrons. The molecule has 0 aliphatic heterocycles. The van der Waals surface area contributed by atoms with Crippen molar-refractivity contribution in [2.24, 2.45) is 11.3 Å². The number of carbonyl (C=O) groups excluding carboxylic acids is 1. The summed E-state index contributed by atoms with van der Waals surface area (Å²) in [6, 6.07) is -0.827. The summed E-state index contributed by atoms with van der Waals surface area (Å²) in [5, 5.41) is 11.6. The lowest BCUT2D eigenvalue weighted by Crippen LogP contribution is -2.49. The van der Waals surface area contributed by atoms with Crippen molar-refractivity contribution < 1.29 is 14.7 Å². The Balaban J connectivity index is 4.32. The van der Waals surface area contributed by atoms with Crippen LogP contribution in [0.4, 0.5) is 0 Å². The van der Waals surface area contributed by atoms with Crippen LogP contribution in [0.5, 0.6) is 0 Å². The minimum atomic E-state index is -0.981. The monoisotopic (exact) mass is 229 g/mol. The summed E-state index contributed by atoms with van der Waals surface area (Å²) in [7, 11) is 0. The zero-order valence-electron chi connectivity index (χ0n) is 10.8. The molecule has 16 heavy (non-hydrogen) atoms. The molecule has 0 spiro atoms. The molecule has 0 aliphatic carbocycles. The lowest BCUT2D eigenvalue weighted by molar-refractivity contribution is -0.145. The first kappa shape index (κ1) is 14.9. The van der Waals surface area contributed by atoms with Gasteiger partial charge >= 0.3 is 5.97 Å². The number of carbonyl (C=O) groups is 2. The van der Waals surface area contributed by atoms with E-state index in [1.165, 1.54) is 0 Å². The molecule has 0 aromatic heterocycles.